The molecular formula is C34H20N4. The van der Waals surface area contributed by atoms with Gasteiger partial charge in [0.15, 0.2) is 0 Å². The Labute approximate surface area is 218 Å². The predicted molar refractivity (Wildman–Crippen MR) is 156 cm³/mol. The molecule has 0 atom stereocenters. The molecule has 0 bridgehead atoms. The van der Waals surface area contributed by atoms with Crippen molar-refractivity contribution in [1.29, 1.82) is 0 Å². The third-order valence-electron chi connectivity index (χ3n) is 7.42. The second-order valence-electron chi connectivity index (χ2n) is 9.47. The lowest BCUT2D eigenvalue weighted by Gasteiger charge is -2.17. The highest BCUT2D eigenvalue weighted by atomic mass is 14.7. The number of hydrogen-bond donors (Lipinski definition) is 0. The van der Waals surface area contributed by atoms with E-state index in [2.05, 4.69) is 83.8 Å². The Morgan fingerprint density at radius 1 is 0.447 bits per heavy atom. The summed E-state index contributed by atoms with van der Waals surface area (Å²) in [6.07, 6.45) is 7.42. The monoisotopic (exact) mass is 484 g/mol. The Hall–Kier alpha value is -5.22. The molecule has 0 spiro atoms. The lowest BCUT2D eigenvalue weighted by Crippen LogP contribution is -1.95. The molecule has 0 aliphatic heterocycles. The minimum Gasteiger partial charge on any atom is -0.264 e. The highest BCUT2D eigenvalue weighted by molar-refractivity contribution is 6.32. The zero-order valence-corrected chi connectivity index (χ0v) is 20.3. The van der Waals surface area contributed by atoms with Crippen LogP contribution in [-0.2, 0) is 0 Å². The number of pyridine rings is 4. The van der Waals surface area contributed by atoms with Gasteiger partial charge >= 0.3 is 0 Å². The van der Waals surface area contributed by atoms with Gasteiger partial charge in [0.1, 0.15) is 0 Å². The molecule has 0 saturated carbocycles. The molecule has 4 heteroatoms. The molecule has 0 unspecified atom stereocenters. The van der Waals surface area contributed by atoms with Crippen LogP contribution in [0.5, 0.6) is 0 Å². The largest absolute Gasteiger partial charge is 0.264 e. The molecule has 0 radical (unpaired) electrons. The van der Waals surface area contributed by atoms with E-state index in [0.29, 0.717) is 0 Å². The number of hydrogen-bond acceptors (Lipinski definition) is 4. The fraction of sp³-hybridized carbons (Fsp3) is 0. The molecule has 0 aliphatic rings. The first kappa shape index (κ1) is 20.9. The van der Waals surface area contributed by atoms with E-state index in [1.165, 1.54) is 5.39 Å². The highest BCUT2D eigenvalue weighted by Gasteiger charge is 2.20. The Kier molecular flexibility index (Phi) is 4.49. The average Bonchev–Trinajstić information content (AvgIpc) is 3.00. The summed E-state index contributed by atoms with van der Waals surface area (Å²) in [6, 6.07) is 33.7. The van der Waals surface area contributed by atoms with Crippen molar-refractivity contribution in [2.45, 2.75) is 0 Å². The molecule has 176 valence electrons. The molecule has 8 rings (SSSR count). The van der Waals surface area contributed by atoms with E-state index in [4.69, 9.17) is 15.0 Å². The van der Waals surface area contributed by atoms with Gasteiger partial charge in [-0.05, 0) is 40.6 Å². The first-order valence-corrected chi connectivity index (χ1v) is 12.6. The van der Waals surface area contributed by atoms with E-state index in [1.807, 2.05) is 43.0 Å². The lowest BCUT2D eigenvalue weighted by atomic mass is 9.90. The molecule has 0 fully saturated rings. The molecule has 4 heterocycles. The van der Waals surface area contributed by atoms with Gasteiger partial charge < -0.3 is 0 Å². The quantitative estimate of drug-likeness (QED) is 0.231. The van der Waals surface area contributed by atoms with Gasteiger partial charge in [0, 0.05) is 62.8 Å². The third-order valence-corrected chi connectivity index (χ3v) is 7.42. The SMILES string of the molecule is c1cncc(-c2ccc(-c3nc4ccccc4c4c5cccnc5c5ncccc5c34)c3ccccc23)c1. The van der Waals surface area contributed by atoms with Crippen molar-refractivity contribution < 1.29 is 0 Å². The number of fused-ring (bicyclic) bond motifs is 9. The molecule has 4 aromatic carbocycles. The van der Waals surface area contributed by atoms with Crippen molar-refractivity contribution >= 4 is 54.3 Å². The Balaban J connectivity index is 1.60. The van der Waals surface area contributed by atoms with E-state index < -0.39 is 0 Å². The number of rotatable bonds is 2. The molecule has 4 aromatic heterocycles. The summed E-state index contributed by atoms with van der Waals surface area (Å²) in [5.41, 5.74) is 7.07. The normalized spacial score (nSPS) is 11.7. The van der Waals surface area contributed by atoms with Crippen molar-refractivity contribution in [2.75, 3.05) is 0 Å². The summed E-state index contributed by atoms with van der Waals surface area (Å²) in [4.78, 5) is 19.3. The van der Waals surface area contributed by atoms with E-state index in [9.17, 15) is 0 Å². The fourth-order valence-corrected chi connectivity index (χ4v) is 5.82. The van der Waals surface area contributed by atoms with E-state index in [0.717, 1.165) is 71.3 Å². The van der Waals surface area contributed by atoms with Crippen molar-refractivity contribution in [1.82, 2.24) is 19.9 Å². The number of benzene rings is 4. The molecule has 38 heavy (non-hydrogen) atoms. The van der Waals surface area contributed by atoms with Crippen LogP contribution < -0.4 is 0 Å². The minimum atomic E-state index is 0.894. The zero-order chi connectivity index (χ0) is 25.1. The van der Waals surface area contributed by atoms with E-state index in [-0.39, 0.29) is 0 Å². The maximum Gasteiger partial charge on any atom is 0.0971 e. The zero-order valence-electron chi connectivity index (χ0n) is 20.3. The van der Waals surface area contributed by atoms with Crippen LogP contribution in [0, 0.1) is 0 Å². The highest BCUT2D eigenvalue weighted by Crippen LogP contribution is 2.44. The van der Waals surface area contributed by atoms with Crippen LogP contribution in [0.3, 0.4) is 0 Å². The number of para-hydroxylation sites is 1. The molecule has 0 aliphatic carbocycles. The van der Waals surface area contributed by atoms with Crippen LogP contribution in [0.2, 0.25) is 0 Å². The first-order chi connectivity index (χ1) is 18.9. The maximum absolute atomic E-state index is 5.32. The molecule has 8 aromatic rings. The summed E-state index contributed by atoms with van der Waals surface area (Å²) < 4.78 is 0. The van der Waals surface area contributed by atoms with Gasteiger partial charge in [0.2, 0.25) is 0 Å². The summed E-state index contributed by atoms with van der Waals surface area (Å²) >= 11 is 0. The number of nitrogens with zero attached hydrogens (tertiary/aromatic N) is 4. The fourth-order valence-electron chi connectivity index (χ4n) is 5.82. The first-order valence-electron chi connectivity index (χ1n) is 12.6. The Morgan fingerprint density at radius 3 is 1.79 bits per heavy atom. The molecule has 4 nitrogen and oxygen atoms in total. The summed E-state index contributed by atoms with van der Waals surface area (Å²) in [5.74, 6) is 0. The lowest BCUT2D eigenvalue weighted by molar-refractivity contribution is 1.33. The van der Waals surface area contributed by atoms with Crippen molar-refractivity contribution in [3.63, 3.8) is 0 Å². The van der Waals surface area contributed by atoms with Crippen LogP contribution in [0.4, 0.5) is 0 Å². The van der Waals surface area contributed by atoms with Gasteiger partial charge in [-0.2, -0.15) is 0 Å². The van der Waals surface area contributed by atoms with Crippen LogP contribution in [0.15, 0.2) is 122 Å². The second-order valence-corrected chi connectivity index (χ2v) is 9.47. The van der Waals surface area contributed by atoms with Gasteiger partial charge in [-0.25, -0.2) is 4.98 Å². The average molecular weight is 485 g/mol. The van der Waals surface area contributed by atoms with Crippen molar-refractivity contribution in [2.24, 2.45) is 0 Å². The topological polar surface area (TPSA) is 51.6 Å². The molecule has 0 N–H and O–H groups in total. The summed E-state index contributed by atoms with van der Waals surface area (Å²) in [7, 11) is 0. The summed E-state index contributed by atoms with van der Waals surface area (Å²) in [6.45, 7) is 0. The van der Waals surface area contributed by atoms with Gasteiger partial charge in [-0.1, -0.05) is 72.8 Å². The standard InChI is InChI=1S/C34H20N4/c1-2-10-24-23(9-1)22(21-8-5-17-35-20-21)15-16-25(24)32-31-28-13-7-19-37-34(28)33-27(12-6-18-36-33)30(31)26-11-3-4-14-29(26)38-32/h1-20H. The van der Waals surface area contributed by atoms with Crippen LogP contribution >= 0.6 is 0 Å². The third kappa shape index (κ3) is 2.98. The molecular weight excluding hydrogens is 464 g/mol. The Bertz CT molecular complexity index is 2190. The van der Waals surface area contributed by atoms with E-state index in [1.54, 1.807) is 0 Å². The number of aromatic nitrogens is 4. The van der Waals surface area contributed by atoms with Crippen molar-refractivity contribution in [3.8, 4) is 22.4 Å². The Morgan fingerprint density at radius 2 is 1.05 bits per heavy atom. The van der Waals surface area contributed by atoms with Gasteiger partial charge in [0.25, 0.3) is 0 Å². The maximum atomic E-state index is 5.32. The molecule has 0 amide bonds. The van der Waals surface area contributed by atoms with Gasteiger partial charge in [0.05, 0.1) is 22.2 Å². The van der Waals surface area contributed by atoms with Crippen LogP contribution in [0.1, 0.15) is 0 Å². The minimum absolute atomic E-state index is 0.894. The van der Waals surface area contributed by atoms with Crippen molar-refractivity contribution in [3.05, 3.63) is 122 Å². The summed E-state index contributed by atoms with van der Waals surface area (Å²) in [5, 5.41) is 7.85. The second kappa shape index (κ2) is 8.15. The van der Waals surface area contributed by atoms with Gasteiger partial charge in [-0.15, -0.1) is 0 Å². The van der Waals surface area contributed by atoms with Crippen LogP contribution in [0.25, 0.3) is 76.6 Å². The van der Waals surface area contributed by atoms with Gasteiger partial charge in [-0.3, -0.25) is 15.0 Å². The smallest absolute Gasteiger partial charge is 0.0971 e. The predicted octanol–water partition coefficient (Wildman–Crippen LogP) is 8.37. The molecule has 0 saturated heterocycles. The van der Waals surface area contributed by atoms with Crippen LogP contribution in [-0.4, -0.2) is 19.9 Å². The van der Waals surface area contributed by atoms with E-state index >= 15 is 0 Å².